The van der Waals surface area contributed by atoms with Crippen molar-refractivity contribution in [3.05, 3.63) is 18.0 Å². The number of nitrogens with zero attached hydrogens (tertiary/aromatic N) is 2. The van der Waals surface area contributed by atoms with Gasteiger partial charge in [0.2, 0.25) is 0 Å². The van der Waals surface area contributed by atoms with Crippen LogP contribution in [0.5, 0.6) is 0 Å². The van der Waals surface area contributed by atoms with Crippen molar-refractivity contribution in [1.82, 2.24) is 20.4 Å². The lowest BCUT2D eigenvalue weighted by atomic mass is 10.2. The van der Waals surface area contributed by atoms with Crippen LogP contribution in [-0.4, -0.2) is 39.4 Å². The van der Waals surface area contributed by atoms with E-state index < -0.39 is 0 Å². The second-order valence-corrected chi connectivity index (χ2v) is 7.20. The summed E-state index contributed by atoms with van der Waals surface area (Å²) in [7, 11) is 0. The molecule has 0 aromatic carbocycles. The standard InChI is InChI=1S/C15H26N4OS/c1-3-21-14-6-5-13(9-14)18-15(20)16-7-4-8-19-11-12(2)10-17-19/h10-11,13-14H,3-9H2,1-2H3,(H2,16,18,20)/t13-,14+/m1/s1. The average molecular weight is 310 g/mol. The molecule has 118 valence electrons. The molecule has 2 amide bonds. The molecule has 0 radical (unpaired) electrons. The molecule has 0 spiro atoms. The van der Waals surface area contributed by atoms with Gasteiger partial charge in [-0.15, -0.1) is 0 Å². The Morgan fingerprint density at radius 3 is 3.10 bits per heavy atom. The zero-order chi connectivity index (χ0) is 15.1. The SMILES string of the molecule is CCS[C@H]1CC[C@@H](NC(=O)NCCCn2cc(C)cn2)C1. The van der Waals surface area contributed by atoms with E-state index in [9.17, 15) is 4.79 Å². The Bertz CT molecular complexity index is 449. The third-order valence-corrected chi connectivity index (χ3v) is 4.97. The van der Waals surface area contributed by atoms with Crippen molar-refractivity contribution in [3.63, 3.8) is 0 Å². The van der Waals surface area contributed by atoms with Gasteiger partial charge in [0, 0.05) is 30.6 Å². The largest absolute Gasteiger partial charge is 0.338 e. The summed E-state index contributed by atoms with van der Waals surface area (Å²) in [5, 5.41) is 11.0. The highest BCUT2D eigenvalue weighted by Gasteiger charge is 2.25. The van der Waals surface area contributed by atoms with Crippen LogP contribution in [0.15, 0.2) is 12.4 Å². The van der Waals surface area contributed by atoms with Gasteiger partial charge in [0.25, 0.3) is 0 Å². The van der Waals surface area contributed by atoms with E-state index in [0.717, 1.165) is 36.8 Å². The summed E-state index contributed by atoms with van der Waals surface area (Å²) < 4.78 is 1.92. The van der Waals surface area contributed by atoms with E-state index >= 15 is 0 Å². The van der Waals surface area contributed by atoms with Crippen molar-refractivity contribution >= 4 is 17.8 Å². The number of rotatable bonds is 7. The molecular formula is C15H26N4OS. The van der Waals surface area contributed by atoms with Gasteiger partial charge in [-0.3, -0.25) is 4.68 Å². The molecular weight excluding hydrogens is 284 g/mol. The first kappa shape index (κ1) is 16.2. The van der Waals surface area contributed by atoms with E-state index in [4.69, 9.17) is 0 Å². The molecule has 0 unspecified atom stereocenters. The predicted octanol–water partition coefficient (Wildman–Crippen LogP) is 2.56. The van der Waals surface area contributed by atoms with Gasteiger partial charge in [-0.25, -0.2) is 4.79 Å². The number of aromatic nitrogens is 2. The quantitative estimate of drug-likeness (QED) is 0.761. The molecule has 1 aromatic rings. The molecule has 0 bridgehead atoms. The van der Waals surface area contributed by atoms with Gasteiger partial charge in [0.15, 0.2) is 0 Å². The van der Waals surface area contributed by atoms with Crippen LogP contribution < -0.4 is 10.6 Å². The van der Waals surface area contributed by atoms with Crippen LogP contribution in [0.1, 0.15) is 38.2 Å². The summed E-state index contributed by atoms with van der Waals surface area (Å²) in [6, 6.07) is 0.321. The van der Waals surface area contributed by atoms with Crippen LogP contribution in [-0.2, 0) is 6.54 Å². The summed E-state index contributed by atoms with van der Waals surface area (Å²) in [4.78, 5) is 11.8. The smallest absolute Gasteiger partial charge is 0.315 e. The normalized spacial score (nSPS) is 21.4. The minimum atomic E-state index is -0.0289. The van der Waals surface area contributed by atoms with Crippen LogP contribution in [0.4, 0.5) is 4.79 Å². The van der Waals surface area contributed by atoms with Gasteiger partial charge in [-0.1, -0.05) is 6.92 Å². The molecule has 2 atom stereocenters. The van der Waals surface area contributed by atoms with Crippen LogP contribution >= 0.6 is 11.8 Å². The van der Waals surface area contributed by atoms with Crippen LogP contribution in [0, 0.1) is 6.92 Å². The molecule has 5 nitrogen and oxygen atoms in total. The lowest BCUT2D eigenvalue weighted by Gasteiger charge is -2.14. The van der Waals surface area contributed by atoms with Crippen LogP contribution in [0.3, 0.4) is 0 Å². The fourth-order valence-corrected chi connectivity index (χ4v) is 3.87. The Balaban J connectivity index is 1.55. The van der Waals surface area contributed by atoms with Crippen molar-refractivity contribution in [3.8, 4) is 0 Å². The summed E-state index contributed by atoms with van der Waals surface area (Å²) in [5.41, 5.74) is 1.17. The molecule has 1 aromatic heterocycles. The molecule has 6 heteroatoms. The van der Waals surface area contributed by atoms with E-state index in [1.807, 2.05) is 35.8 Å². The Labute approximate surface area is 131 Å². The third kappa shape index (κ3) is 5.61. The molecule has 1 saturated carbocycles. The molecule has 0 saturated heterocycles. The van der Waals surface area contributed by atoms with Crippen molar-refractivity contribution in [2.24, 2.45) is 0 Å². The fourth-order valence-electron chi connectivity index (χ4n) is 2.73. The maximum absolute atomic E-state index is 11.8. The average Bonchev–Trinajstić information content (AvgIpc) is 3.05. The number of hydrogen-bond acceptors (Lipinski definition) is 3. The molecule has 1 aliphatic carbocycles. The van der Waals surface area contributed by atoms with Crippen molar-refractivity contribution in [2.75, 3.05) is 12.3 Å². The first-order chi connectivity index (χ1) is 10.2. The molecule has 21 heavy (non-hydrogen) atoms. The van der Waals surface area contributed by atoms with Crippen molar-refractivity contribution in [2.45, 2.75) is 57.4 Å². The summed E-state index contributed by atoms with van der Waals surface area (Å²) in [6.45, 7) is 5.75. The molecule has 1 aliphatic rings. The van der Waals surface area contributed by atoms with Gasteiger partial charge in [-0.05, 0) is 43.9 Å². The number of nitrogens with one attached hydrogen (secondary N) is 2. The van der Waals surface area contributed by atoms with Gasteiger partial charge >= 0.3 is 6.03 Å². The Kier molecular flexibility index (Phi) is 6.42. The lowest BCUT2D eigenvalue weighted by Crippen LogP contribution is -2.41. The maximum Gasteiger partial charge on any atom is 0.315 e. The number of amides is 2. The monoisotopic (exact) mass is 310 g/mol. The Morgan fingerprint density at radius 2 is 2.38 bits per heavy atom. The first-order valence-corrected chi connectivity index (χ1v) is 8.87. The number of hydrogen-bond donors (Lipinski definition) is 2. The summed E-state index contributed by atoms with van der Waals surface area (Å²) >= 11 is 2.01. The molecule has 2 N–H and O–H groups in total. The predicted molar refractivity (Wildman–Crippen MR) is 87.7 cm³/mol. The summed E-state index contributed by atoms with van der Waals surface area (Å²) in [5.74, 6) is 1.16. The van der Waals surface area contributed by atoms with Gasteiger partial charge in [0.1, 0.15) is 0 Å². The number of aryl methyl sites for hydroxylation is 2. The van der Waals surface area contributed by atoms with Gasteiger partial charge < -0.3 is 10.6 Å². The number of thioether (sulfide) groups is 1. The minimum Gasteiger partial charge on any atom is -0.338 e. The van der Waals surface area contributed by atoms with Crippen LogP contribution in [0.2, 0.25) is 0 Å². The number of carbonyl (C=O) groups excluding carboxylic acids is 1. The topological polar surface area (TPSA) is 59.0 Å². The fraction of sp³-hybridized carbons (Fsp3) is 0.733. The Hall–Kier alpha value is -1.17. The van der Waals surface area contributed by atoms with Gasteiger partial charge in [0.05, 0.1) is 6.20 Å². The highest BCUT2D eigenvalue weighted by Crippen LogP contribution is 2.29. The van der Waals surface area contributed by atoms with E-state index in [1.165, 1.54) is 12.0 Å². The number of urea groups is 1. The first-order valence-electron chi connectivity index (χ1n) is 7.82. The maximum atomic E-state index is 11.8. The second kappa shape index (κ2) is 8.32. The molecule has 2 rings (SSSR count). The highest BCUT2D eigenvalue weighted by molar-refractivity contribution is 7.99. The lowest BCUT2D eigenvalue weighted by molar-refractivity contribution is 0.237. The zero-order valence-corrected chi connectivity index (χ0v) is 13.8. The second-order valence-electron chi connectivity index (χ2n) is 5.62. The van der Waals surface area contributed by atoms with E-state index in [0.29, 0.717) is 12.6 Å². The highest BCUT2D eigenvalue weighted by atomic mass is 32.2. The van der Waals surface area contributed by atoms with Crippen molar-refractivity contribution < 1.29 is 4.79 Å². The summed E-state index contributed by atoms with van der Waals surface area (Å²) in [6.07, 6.45) is 8.21. The third-order valence-electron chi connectivity index (χ3n) is 3.73. The van der Waals surface area contributed by atoms with Crippen LogP contribution in [0.25, 0.3) is 0 Å². The zero-order valence-electron chi connectivity index (χ0n) is 13.0. The Morgan fingerprint density at radius 1 is 1.52 bits per heavy atom. The number of carbonyl (C=O) groups is 1. The van der Waals surface area contributed by atoms with Gasteiger partial charge in [-0.2, -0.15) is 16.9 Å². The molecule has 1 fully saturated rings. The molecule has 1 heterocycles. The van der Waals surface area contributed by atoms with Crippen molar-refractivity contribution in [1.29, 1.82) is 0 Å². The minimum absolute atomic E-state index is 0.0289. The van der Waals surface area contributed by atoms with E-state index in [-0.39, 0.29) is 6.03 Å². The van der Waals surface area contributed by atoms with E-state index in [1.54, 1.807) is 0 Å². The van der Waals surface area contributed by atoms with E-state index in [2.05, 4.69) is 22.7 Å². The molecule has 0 aliphatic heterocycles.